The minimum Gasteiger partial charge on any atom is -0.462 e. The number of unbranched alkanes of at least 4 members (excludes halogenated alkanes) is 3. The van der Waals surface area contributed by atoms with Gasteiger partial charge in [-0.3, -0.25) is 9.78 Å². The van der Waals surface area contributed by atoms with Gasteiger partial charge in [0.25, 0.3) is 5.91 Å². The van der Waals surface area contributed by atoms with Crippen molar-refractivity contribution >= 4 is 17.6 Å². The largest absolute Gasteiger partial charge is 0.462 e. The molecular formula is C19H22N2O3. The molecule has 0 unspecified atom stereocenters. The number of pyridine rings is 1. The molecule has 0 aliphatic rings. The van der Waals surface area contributed by atoms with Gasteiger partial charge in [0.15, 0.2) is 0 Å². The van der Waals surface area contributed by atoms with E-state index in [9.17, 15) is 9.59 Å². The van der Waals surface area contributed by atoms with Crippen molar-refractivity contribution in [2.24, 2.45) is 0 Å². The van der Waals surface area contributed by atoms with Gasteiger partial charge in [-0.05, 0) is 42.8 Å². The zero-order chi connectivity index (χ0) is 17.2. The van der Waals surface area contributed by atoms with E-state index in [2.05, 4.69) is 17.2 Å². The second-order valence-corrected chi connectivity index (χ2v) is 5.44. The normalized spacial score (nSPS) is 10.2. The maximum atomic E-state index is 12.0. The van der Waals surface area contributed by atoms with Crippen LogP contribution in [0.25, 0.3) is 0 Å². The van der Waals surface area contributed by atoms with Gasteiger partial charge in [-0.1, -0.05) is 32.3 Å². The average molecular weight is 326 g/mol. The molecule has 0 spiro atoms. The Kier molecular flexibility index (Phi) is 6.95. The fourth-order valence-corrected chi connectivity index (χ4v) is 2.16. The molecular weight excluding hydrogens is 304 g/mol. The van der Waals surface area contributed by atoms with Crippen molar-refractivity contribution in [1.29, 1.82) is 0 Å². The Morgan fingerprint density at radius 2 is 1.83 bits per heavy atom. The minimum atomic E-state index is -0.339. The number of carbonyl (C=O) groups is 2. The number of nitrogens with one attached hydrogen (secondary N) is 1. The number of esters is 1. The number of amides is 1. The summed E-state index contributed by atoms with van der Waals surface area (Å²) in [5, 5.41) is 2.74. The number of hydrogen-bond acceptors (Lipinski definition) is 4. The second-order valence-electron chi connectivity index (χ2n) is 5.44. The van der Waals surface area contributed by atoms with E-state index in [-0.39, 0.29) is 11.9 Å². The maximum absolute atomic E-state index is 12.0. The number of carbonyl (C=O) groups excluding carboxylic acids is 2. The quantitative estimate of drug-likeness (QED) is 0.586. The molecule has 5 nitrogen and oxygen atoms in total. The van der Waals surface area contributed by atoms with Crippen LogP contribution in [0.4, 0.5) is 5.69 Å². The Bertz CT molecular complexity index is 654. The molecule has 0 atom stereocenters. The second kappa shape index (κ2) is 9.45. The first kappa shape index (κ1) is 17.7. The predicted octanol–water partition coefficient (Wildman–Crippen LogP) is 4.07. The number of anilines is 1. The first-order valence-corrected chi connectivity index (χ1v) is 8.20. The van der Waals surface area contributed by atoms with Crippen LogP contribution in [0.15, 0.2) is 48.7 Å². The Morgan fingerprint density at radius 1 is 1.04 bits per heavy atom. The highest BCUT2D eigenvalue weighted by atomic mass is 16.5. The molecule has 2 aromatic rings. The van der Waals surface area contributed by atoms with E-state index in [1.54, 1.807) is 48.7 Å². The van der Waals surface area contributed by atoms with Crippen molar-refractivity contribution in [1.82, 2.24) is 4.98 Å². The lowest BCUT2D eigenvalue weighted by molar-refractivity contribution is 0.0498. The maximum Gasteiger partial charge on any atom is 0.338 e. The van der Waals surface area contributed by atoms with Gasteiger partial charge >= 0.3 is 5.97 Å². The summed E-state index contributed by atoms with van der Waals surface area (Å²) in [5.41, 5.74) is 1.42. The summed E-state index contributed by atoms with van der Waals surface area (Å²) < 4.78 is 5.23. The standard InChI is InChI=1S/C19H22N2O3/c1-2-3-4-7-14-24-19(23)15-9-11-16(12-10-15)21-18(22)17-8-5-6-13-20-17/h5-6,8-13H,2-4,7,14H2,1H3,(H,21,22). The Balaban J connectivity index is 1.84. The Labute approximate surface area is 142 Å². The van der Waals surface area contributed by atoms with Crippen LogP contribution in [0, 0.1) is 0 Å². The van der Waals surface area contributed by atoms with Gasteiger partial charge in [0.05, 0.1) is 12.2 Å². The Hall–Kier alpha value is -2.69. The van der Waals surface area contributed by atoms with Crippen LogP contribution in [0.3, 0.4) is 0 Å². The van der Waals surface area contributed by atoms with Gasteiger partial charge in [0, 0.05) is 11.9 Å². The van der Waals surface area contributed by atoms with Crippen LogP contribution in [0.1, 0.15) is 53.5 Å². The van der Waals surface area contributed by atoms with Crippen molar-refractivity contribution in [3.63, 3.8) is 0 Å². The number of rotatable bonds is 8. The highest BCUT2D eigenvalue weighted by Crippen LogP contribution is 2.12. The molecule has 5 heteroatoms. The van der Waals surface area contributed by atoms with Crippen molar-refractivity contribution < 1.29 is 14.3 Å². The minimum absolute atomic E-state index is 0.290. The number of nitrogens with zero attached hydrogens (tertiary/aromatic N) is 1. The number of aromatic nitrogens is 1. The summed E-state index contributed by atoms with van der Waals surface area (Å²) in [6, 6.07) is 11.8. The zero-order valence-electron chi connectivity index (χ0n) is 13.8. The molecule has 0 saturated heterocycles. The molecule has 0 bridgehead atoms. The molecule has 1 aromatic carbocycles. The lowest BCUT2D eigenvalue weighted by Gasteiger charge is -2.07. The number of benzene rings is 1. The van der Waals surface area contributed by atoms with Gasteiger partial charge in [-0.25, -0.2) is 4.79 Å². The average Bonchev–Trinajstić information content (AvgIpc) is 2.62. The van der Waals surface area contributed by atoms with Crippen LogP contribution in [-0.4, -0.2) is 23.5 Å². The van der Waals surface area contributed by atoms with Gasteiger partial charge in [-0.15, -0.1) is 0 Å². The smallest absolute Gasteiger partial charge is 0.338 e. The molecule has 0 fully saturated rings. The fraction of sp³-hybridized carbons (Fsp3) is 0.316. The van der Waals surface area contributed by atoms with Gasteiger partial charge < -0.3 is 10.1 Å². The molecule has 0 radical (unpaired) electrons. The third-order valence-electron chi connectivity index (χ3n) is 3.51. The number of hydrogen-bond donors (Lipinski definition) is 1. The lowest BCUT2D eigenvalue weighted by atomic mass is 10.2. The van der Waals surface area contributed by atoms with E-state index in [4.69, 9.17) is 4.74 Å². The van der Waals surface area contributed by atoms with Crippen molar-refractivity contribution in [2.45, 2.75) is 32.6 Å². The zero-order valence-corrected chi connectivity index (χ0v) is 13.8. The van der Waals surface area contributed by atoms with E-state index in [0.29, 0.717) is 23.6 Å². The van der Waals surface area contributed by atoms with E-state index < -0.39 is 0 Å². The highest BCUT2D eigenvalue weighted by Gasteiger charge is 2.09. The molecule has 0 aliphatic heterocycles. The first-order valence-electron chi connectivity index (χ1n) is 8.20. The summed E-state index contributed by atoms with van der Waals surface area (Å²) in [6.45, 7) is 2.58. The molecule has 2 rings (SSSR count). The predicted molar refractivity (Wildman–Crippen MR) is 93.1 cm³/mol. The number of ether oxygens (including phenoxy) is 1. The third-order valence-corrected chi connectivity index (χ3v) is 3.51. The molecule has 1 aromatic heterocycles. The lowest BCUT2D eigenvalue weighted by Crippen LogP contribution is -2.13. The van der Waals surface area contributed by atoms with Crippen LogP contribution < -0.4 is 5.32 Å². The van der Waals surface area contributed by atoms with E-state index in [0.717, 1.165) is 25.7 Å². The van der Waals surface area contributed by atoms with Gasteiger partial charge in [0.2, 0.25) is 0 Å². The van der Waals surface area contributed by atoms with Crippen LogP contribution in [0.5, 0.6) is 0 Å². The topological polar surface area (TPSA) is 68.3 Å². The van der Waals surface area contributed by atoms with E-state index >= 15 is 0 Å². The highest BCUT2D eigenvalue weighted by molar-refractivity contribution is 6.03. The molecule has 24 heavy (non-hydrogen) atoms. The Morgan fingerprint density at radius 3 is 2.50 bits per heavy atom. The monoisotopic (exact) mass is 326 g/mol. The molecule has 1 N–H and O–H groups in total. The summed E-state index contributed by atoms with van der Waals surface area (Å²) in [7, 11) is 0. The summed E-state index contributed by atoms with van der Waals surface area (Å²) in [6.07, 6.45) is 5.83. The summed E-state index contributed by atoms with van der Waals surface area (Å²) in [5.74, 6) is -0.629. The fourth-order valence-electron chi connectivity index (χ4n) is 2.16. The van der Waals surface area contributed by atoms with Gasteiger partial charge in [0.1, 0.15) is 5.69 Å². The third kappa shape index (κ3) is 5.50. The molecule has 126 valence electrons. The first-order chi connectivity index (χ1) is 11.7. The van der Waals surface area contributed by atoms with E-state index in [1.165, 1.54) is 0 Å². The van der Waals surface area contributed by atoms with Crippen LogP contribution >= 0.6 is 0 Å². The SMILES string of the molecule is CCCCCCOC(=O)c1ccc(NC(=O)c2ccccn2)cc1. The van der Waals surface area contributed by atoms with Crippen LogP contribution in [-0.2, 0) is 4.74 Å². The molecule has 1 heterocycles. The van der Waals surface area contributed by atoms with Crippen molar-refractivity contribution in [2.75, 3.05) is 11.9 Å². The summed E-state index contributed by atoms with van der Waals surface area (Å²) in [4.78, 5) is 27.9. The van der Waals surface area contributed by atoms with Crippen molar-refractivity contribution in [3.05, 3.63) is 59.9 Å². The summed E-state index contributed by atoms with van der Waals surface area (Å²) >= 11 is 0. The van der Waals surface area contributed by atoms with E-state index in [1.807, 2.05) is 0 Å². The molecule has 0 aliphatic carbocycles. The van der Waals surface area contributed by atoms with Gasteiger partial charge in [-0.2, -0.15) is 0 Å². The van der Waals surface area contributed by atoms with Crippen LogP contribution in [0.2, 0.25) is 0 Å². The van der Waals surface area contributed by atoms with Crippen molar-refractivity contribution in [3.8, 4) is 0 Å². The molecule has 1 amide bonds. The molecule has 0 saturated carbocycles.